The second-order valence-electron chi connectivity index (χ2n) is 10.3. The van der Waals surface area contributed by atoms with Gasteiger partial charge in [-0.1, -0.05) is 38.0 Å². The lowest BCUT2D eigenvalue weighted by atomic mass is 9.64. The summed E-state index contributed by atoms with van der Waals surface area (Å²) in [7, 11) is 0. The number of rotatable bonds is 10. The van der Waals surface area contributed by atoms with Crippen molar-refractivity contribution in [3.63, 3.8) is 0 Å². The summed E-state index contributed by atoms with van der Waals surface area (Å²) in [5.74, 6) is 0.319. The predicted molar refractivity (Wildman–Crippen MR) is 139 cm³/mol. The van der Waals surface area contributed by atoms with E-state index in [0.29, 0.717) is 12.3 Å². The zero-order valence-electron chi connectivity index (χ0n) is 20.8. The number of benzene rings is 1. The van der Waals surface area contributed by atoms with Crippen LogP contribution in [-0.4, -0.2) is 29.2 Å². The molecule has 4 rings (SSSR count). The van der Waals surface area contributed by atoms with Crippen molar-refractivity contribution >= 4 is 17.8 Å². The van der Waals surface area contributed by atoms with E-state index in [0.717, 1.165) is 49.9 Å². The number of nitrogens with zero attached hydrogens (tertiary/aromatic N) is 1. The van der Waals surface area contributed by atoms with E-state index in [1.807, 2.05) is 18.2 Å². The number of aromatic nitrogens is 1. The standard InChI is InChI=1S/C29H37FN4O/c1-3-6-26(34-28(35)17-25-7-4-5-14-32-25)15-21-8-9-22-16-27(20(19-31)18-29(21,22)2)33-24-12-10-23(30)11-13-24/h4-5,7,10-14,16,19-21,26-27,31,33H,3,6,8-9,15,17-18H2,1-2H3,(H,34,35). The number of amides is 1. The zero-order chi connectivity index (χ0) is 24.8. The number of carbonyl (C=O) groups excluding carboxylic acids is 1. The van der Waals surface area contributed by atoms with Gasteiger partial charge in [0.2, 0.25) is 5.91 Å². The van der Waals surface area contributed by atoms with E-state index in [-0.39, 0.29) is 35.1 Å². The molecule has 1 heterocycles. The molecule has 186 valence electrons. The van der Waals surface area contributed by atoms with Gasteiger partial charge in [-0.25, -0.2) is 4.39 Å². The fraction of sp³-hybridized carbons (Fsp3) is 0.483. The SMILES string of the molecule is CCCC(CC1CCC2=CC(Nc3ccc(F)cc3)C(C=N)CC21C)NC(=O)Cc1ccccn1. The topological polar surface area (TPSA) is 77.9 Å². The van der Waals surface area contributed by atoms with Crippen molar-refractivity contribution in [3.8, 4) is 0 Å². The molecule has 0 spiro atoms. The van der Waals surface area contributed by atoms with Gasteiger partial charge in [-0.3, -0.25) is 9.78 Å². The highest BCUT2D eigenvalue weighted by Gasteiger charge is 2.48. The van der Waals surface area contributed by atoms with E-state index in [4.69, 9.17) is 5.41 Å². The van der Waals surface area contributed by atoms with Crippen LogP contribution < -0.4 is 10.6 Å². The molecule has 0 bridgehead atoms. The highest BCUT2D eigenvalue weighted by Crippen LogP contribution is 2.55. The Hall–Kier alpha value is -3.02. The molecule has 2 aromatic rings. The summed E-state index contributed by atoms with van der Waals surface area (Å²) in [6.07, 6.45) is 11.9. The number of anilines is 1. The Kier molecular flexibility index (Phi) is 7.99. The van der Waals surface area contributed by atoms with Crippen LogP contribution in [-0.2, 0) is 11.2 Å². The molecule has 5 unspecified atom stereocenters. The van der Waals surface area contributed by atoms with Crippen molar-refractivity contribution in [2.75, 3.05) is 5.32 Å². The van der Waals surface area contributed by atoms with Crippen LogP contribution in [0.15, 0.2) is 60.3 Å². The maximum absolute atomic E-state index is 13.3. The fourth-order valence-corrected chi connectivity index (χ4v) is 6.04. The van der Waals surface area contributed by atoms with E-state index in [1.54, 1.807) is 24.5 Å². The second-order valence-corrected chi connectivity index (χ2v) is 10.3. The Balaban J connectivity index is 1.44. The molecule has 2 aliphatic carbocycles. The molecule has 2 aliphatic rings. The van der Waals surface area contributed by atoms with E-state index in [2.05, 4.69) is 35.5 Å². The van der Waals surface area contributed by atoms with Gasteiger partial charge in [-0.15, -0.1) is 0 Å². The Bertz CT molecular complexity index is 1040. The Morgan fingerprint density at radius 3 is 2.77 bits per heavy atom. The van der Waals surface area contributed by atoms with Gasteiger partial charge in [0.05, 0.1) is 12.5 Å². The van der Waals surface area contributed by atoms with Gasteiger partial charge in [0.1, 0.15) is 5.82 Å². The number of carbonyl (C=O) groups is 1. The molecule has 1 aromatic heterocycles. The molecule has 0 saturated heterocycles. The van der Waals surface area contributed by atoms with Crippen LogP contribution in [0, 0.1) is 28.5 Å². The summed E-state index contributed by atoms with van der Waals surface area (Å²) in [6.45, 7) is 4.51. The van der Waals surface area contributed by atoms with Gasteiger partial charge in [-0.05, 0) is 79.8 Å². The highest BCUT2D eigenvalue weighted by atomic mass is 19.1. The van der Waals surface area contributed by atoms with Crippen LogP contribution in [0.3, 0.4) is 0 Å². The third-order valence-electron chi connectivity index (χ3n) is 7.93. The third kappa shape index (κ3) is 5.98. The molecule has 5 nitrogen and oxygen atoms in total. The lowest BCUT2D eigenvalue weighted by molar-refractivity contribution is -0.121. The van der Waals surface area contributed by atoms with Crippen molar-refractivity contribution in [2.45, 2.75) is 70.9 Å². The molecule has 0 radical (unpaired) electrons. The van der Waals surface area contributed by atoms with Crippen LogP contribution in [0.1, 0.15) is 58.1 Å². The molecule has 3 N–H and O–H groups in total. The summed E-state index contributed by atoms with van der Waals surface area (Å²) in [5, 5.41) is 14.9. The molecule has 35 heavy (non-hydrogen) atoms. The van der Waals surface area contributed by atoms with Crippen molar-refractivity contribution in [1.29, 1.82) is 5.41 Å². The van der Waals surface area contributed by atoms with Crippen LogP contribution >= 0.6 is 0 Å². The van der Waals surface area contributed by atoms with Crippen LogP contribution in [0.4, 0.5) is 10.1 Å². The van der Waals surface area contributed by atoms with Gasteiger partial charge in [0.25, 0.3) is 0 Å². The van der Waals surface area contributed by atoms with Gasteiger partial charge in [0.15, 0.2) is 0 Å². The van der Waals surface area contributed by atoms with Crippen LogP contribution in [0.5, 0.6) is 0 Å². The fourth-order valence-electron chi connectivity index (χ4n) is 6.04. The van der Waals surface area contributed by atoms with Gasteiger partial charge in [0, 0.05) is 35.8 Å². The predicted octanol–water partition coefficient (Wildman–Crippen LogP) is 5.93. The quantitative estimate of drug-likeness (QED) is 0.294. The lowest BCUT2D eigenvalue weighted by Gasteiger charge is -2.43. The van der Waals surface area contributed by atoms with Gasteiger partial charge >= 0.3 is 0 Å². The summed E-state index contributed by atoms with van der Waals surface area (Å²) in [4.78, 5) is 17.0. The minimum atomic E-state index is -0.249. The van der Waals surface area contributed by atoms with Crippen molar-refractivity contribution in [2.24, 2.45) is 17.3 Å². The monoisotopic (exact) mass is 476 g/mol. The number of hydrogen-bond acceptors (Lipinski definition) is 4. The van der Waals surface area contributed by atoms with E-state index in [9.17, 15) is 9.18 Å². The first-order valence-electron chi connectivity index (χ1n) is 12.8. The first-order valence-corrected chi connectivity index (χ1v) is 12.8. The van der Waals surface area contributed by atoms with Gasteiger partial charge in [-0.2, -0.15) is 0 Å². The Morgan fingerprint density at radius 2 is 2.09 bits per heavy atom. The average Bonchev–Trinajstić information content (AvgIpc) is 3.15. The minimum Gasteiger partial charge on any atom is -0.378 e. The van der Waals surface area contributed by atoms with Crippen molar-refractivity contribution in [3.05, 3.63) is 71.8 Å². The summed E-state index contributed by atoms with van der Waals surface area (Å²) in [6, 6.07) is 12.3. The Morgan fingerprint density at radius 1 is 1.29 bits per heavy atom. The average molecular weight is 477 g/mol. The van der Waals surface area contributed by atoms with Crippen LogP contribution in [0.25, 0.3) is 0 Å². The number of allylic oxidation sites excluding steroid dienone is 1. The summed E-state index contributed by atoms with van der Waals surface area (Å²) in [5.41, 5.74) is 3.15. The normalized spacial score (nSPS) is 26.4. The van der Waals surface area contributed by atoms with E-state index >= 15 is 0 Å². The molecule has 1 saturated carbocycles. The molecule has 5 atom stereocenters. The number of pyridine rings is 1. The van der Waals surface area contributed by atoms with Crippen LogP contribution in [0.2, 0.25) is 0 Å². The Labute approximate surface area is 208 Å². The second kappa shape index (κ2) is 11.1. The molecule has 0 aliphatic heterocycles. The number of hydrogen-bond donors (Lipinski definition) is 3. The van der Waals surface area contributed by atoms with Crippen molar-refractivity contribution in [1.82, 2.24) is 10.3 Å². The largest absolute Gasteiger partial charge is 0.378 e. The summed E-state index contributed by atoms with van der Waals surface area (Å²) < 4.78 is 13.3. The number of fused-ring (bicyclic) bond motifs is 1. The molecule has 6 heteroatoms. The maximum atomic E-state index is 13.3. The molecule has 1 aromatic carbocycles. The van der Waals surface area contributed by atoms with Crippen molar-refractivity contribution < 1.29 is 9.18 Å². The number of nitrogens with one attached hydrogen (secondary N) is 3. The zero-order valence-corrected chi connectivity index (χ0v) is 20.8. The van der Waals surface area contributed by atoms with E-state index < -0.39 is 0 Å². The third-order valence-corrected chi connectivity index (χ3v) is 7.93. The maximum Gasteiger partial charge on any atom is 0.226 e. The number of halogens is 1. The molecular formula is C29H37FN4O. The first kappa shape index (κ1) is 25.1. The summed E-state index contributed by atoms with van der Waals surface area (Å²) >= 11 is 0. The van der Waals surface area contributed by atoms with Gasteiger partial charge < -0.3 is 16.0 Å². The molecule has 1 fully saturated rings. The lowest BCUT2D eigenvalue weighted by Crippen LogP contribution is -2.43. The van der Waals surface area contributed by atoms with E-state index in [1.165, 1.54) is 17.7 Å². The molecule has 1 amide bonds. The smallest absolute Gasteiger partial charge is 0.226 e. The first-order chi connectivity index (χ1) is 16.9. The minimum absolute atomic E-state index is 0.0287. The molecular weight excluding hydrogens is 439 g/mol. The highest BCUT2D eigenvalue weighted by molar-refractivity contribution is 5.78.